The lowest BCUT2D eigenvalue weighted by Crippen LogP contribution is -2.46. The normalized spacial score (nSPS) is 19.8. The molecule has 0 radical (unpaired) electrons. The Bertz CT molecular complexity index is 398. The van der Waals surface area contributed by atoms with Crippen LogP contribution in [-0.2, 0) is 4.74 Å². The van der Waals surface area contributed by atoms with E-state index in [4.69, 9.17) is 11.5 Å². The van der Waals surface area contributed by atoms with Crippen molar-refractivity contribution < 1.29 is 13.5 Å². The van der Waals surface area contributed by atoms with Gasteiger partial charge in [-0.15, -0.1) is 0 Å². The van der Waals surface area contributed by atoms with Gasteiger partial charge in [-0.1, -0.05) is 0 Å². The predicted molar refractivity (Wildman–Crippen MR) is 58.4 cm³/mol. The van der Waals surface area contributed by atoms with Gasteiger partial charge in [0.15, 0.2) is 0 Å². The van der Waals surface area contributed by atoms with Gasteiger partial charge in [0.05, 0.1) is 18.0 Å². The van der Waals surface area contributed by atoms with Gasteiger partial charge in [0, 0.05) is 12.2 Å². The summed E-state index contributed by atoms with van der Waals surface area (Å²) in [7, 11) is 0. The summed E-state index contributed by atoms with van der Waals surface area (Å²) in [5.41, 5.74) is 12.7. The van der Waals surface area contributed by atoms with Gasteiger partial charge in [0.25, 0.3) is 0 Å². The summed E-state index contributed by atoms with van der Waals surface area (Å²) >= 11 is 0. The summed E-state index contributed by atoms with van der Waals surface area (Å²) in [6, 6.07) is 4.88. The van der Waals surface area contributed by atoms with E-state index in [1.165, 1.54) is 4.90 Å². The van der Waals surface area contributed by atoms with Crippen molar-refractivity contribution in [2.45, 2.75) is 6.11 Å². The third-order valence-corrected chi connectivity index (χ3v) is 2.48. The van der Waals surface area contributed by atoms with Gasteiger partial charge in [0.1, 0.15) is 6.54 Å². The highest BCUT2D eigenvalue weighted by molar-refractivity contribution is 5.69. The van der Waals surface area contributed by atoms with Crippen LogP contribution in [-0.4, -0.2) is 25.8 Å². The number of morpholine rings is 1. The number of nitrogen functional groups attached to an aromatic ring is 2. The maximum atomic E-state index is 13.0. The monoisotopic (exact) mass is 229 g/mol. The predicted octanol–water partition coefficient (Wildman–Crippen LogP) is 1.28. The van der Waals surface area contributed by atoms with E-state index in [1.54, 1.807) is 18.2 Å². The Morgan fingerprint density at radius 1 is 1.25 bits per heavy atom. The van der Waals surface area contributed by atoms with Crippen molar-refractivity contribution in [3.8, 4) is 0 Å². The van der Waals surface area contributed by atoms with Gasteiger partial charge < -0.3 is 21.1 Å². The molecule has 1 saturated heterocycles. The summed E-state index contributed by atoms with van der Waals surface area (Å²) in [6.07, 6.45) is -3.10. The van der Waals surface area contributed by atoms with Crippen LogP contribution in [0.4, 0.5) is 25.8 Å². The first-order valence-electron chi connectivity index (χ1n) is 4.90. The molecule has 1 aromatic carbocycles. The largest absolute Gasteiger partial charge is 0.397 e. The minimum Gasteiger partial charge on any atom is -0.397 e. The number of rotatable bonds is 1. The fourth-order valence-electron chi connectivity index (χ4n) is 1.63. The minimum atomic E-state index is -3.10. The number of hydrogen-bond acceptors (Lipinski definition) is 4. The fraction of sp³-hybridized carbons (Fsp3) is 0.400. The second-order valence-corrected chi connectivity index (χ2v) is 3.72. The molecule has 0 amide bonds. The number of nitrogens with two attached hydrogens (primary N) is 2. The standard InChI is InChI=1S/C10H13F2N3O/c11-10(12)6-15(3-4-16-10)7-1-2-8(13)9(14)5-7/h1-2,5H,3-4,6,13-14H2. The van der Waals surface area contributed by atoms with E-state index in [0.717, 1.165) is 0 Å². The maximum Gasteiger partial charge on any atom is 0.373 e. The van der Waals surface area contributed by atoms with E-state index in [9.17, 15) is 8.78 Å². The highest BCUT2D eigenvalue weighted by Gasteiger charge is 2.36. The lowest BCUT2D eigenvalue weighted by molar-refractivity contribution is -0.240. The first kappa shape index (κ1) is 10.9. The Morgan fingerprint density at radius 2 is 2.00 bits per heavy atom. The lowest BCUT2D eigenvalue weighted by Gasteiger charge is -2.34. The van der Waals surface area contributed by atoms with Crippen LogP contribution in [0.2, 0.25) is 0 Å². The van der Waals surface area contributed by atoms with Crippen LogP contribution in [0.25, 0.3) is 0 Å². The molecule has 4 N–H and O–H groups in total. The third-order valence-electron chi connectivity index (χ3n) is 2.48. The zero-order chi connectivity index (χ0) is 11.8. The summed E-state index contributed by atoms with van der Waals surface area (Å²) in [6.45, 7) is -0.0490. The van der Waals surface area contributed by atoms with Crippen molar-refractivity contribution in [3.05, 3.63) is 18.2 Å². The van der Waals surface area contributed by atoms with Crippen molar-refractivity contribution >= 4 is 17.1 Å². The number of nitrogens with zero attached hydrogens (tertiary/aromatic N) is 1. The molecule has 1 aliphatic rings. The molecule has 88 valence electrons. The smallest absolute Gasteiger partial charge is 0.373 e. The number of hydrogen-bond donors (Lipinski definition) is 2. The van der Waals surface area contributed by atoms with Crippen LogP contribution >= 0.6 is 0 Å². The van der Waals surface area contributed by atoms with Crippen molar-refractivity contribution in [1.82, 2.24) is 0 Å². The van der Waals surface area contributed by atoms with E-state index in [-0.39, 0.29) is 6.61 Å². The van der Waals surface area contributed by atoms with Gasteiger partial charge in [0.2, 0.25) is 0 Å². The Kier molecular flexibility index (Phi) is 2.59. The average Bonchev–Trinajstić information content (AvgIpc) is 2.20. The average molecular weight is 229 g/mol. The van der Waals surface area contributed by atoms with Gasteiger partial charge in [-0.05, 0) is 18.2 Å². The van der Waals surface area contributed by atoms with Crippen LogP contribution < -0.4 is 16.4 Å². The van der Waals surface area contributed by atoms with Crippen LogP contribution in [0, 0.1) is 0 Å². The highest BCUT2D eigenvalue weighted by Crippen LogP contribution is 2.28. The van der Waals surface area contributed by atoms with Gasteiger partial charge in [-0.25, -0.2) is 0 Å². The van der Waals surface area contributed by atoms with Crippen LogP contribution in [0.15, 0.2) is 18.2 Å². The Morgan fingerprint density at radius 3 is 2.62 bits per heavy atom. The Balaban J connectivity index is 2.20. The first-order chi connectivity index (χ1) is 7.48. The SMILES string of the molecule is Nc1ccc(N2CCOC(F)(F)C2)cc1N. The molecule has 0 aliphatic carbocycles. The number of anilines is 3. The molecule has 0 spiro atoms. The molecule has 1 heterocycles. The molecule has 4 nitrogen and oxygen atoms in total. The molecule has 6 heteroatoms. The van der Waals surface area contributed by atoms with E-state index in [2.05, 4.69) is 4.74 Å². The first-order valence-corrected chi connectivity index (χ1v) is 4.90. The van der Waals surface area contributed by atoms with Gasteiger partial charge >= 0.3 is 6.11 Å². The van der Waals surface area contributed by atoms with E-state index in [1.807, 2.05) is 0 Å². The molecular weight excluding hydrogens is 216 g/mol. The van der Waals surface area contributed by atoms with Crippen LogP contribution in [0.5, 0.6) is 0 Å². The van der Waals surface area contributed by atoms with Crippen LogP contribution in [0.3, 0.4) is 0 Å². The lowest BCUT2D eigenvalue weighted by atomic mass is 10.2. The quantitative estimate of drug-likeness (QED) is 0.712. The molecule has 1 fully saturated rings. The molecule has 1 aromatic rings. The molecule has 0 aromatic heterocycles. The molecule has 2 rings (SSSR count). The second kappa shape index (κ2) is 3.79. The van der Waals surface area contributed by atoms with Crippen molar-refractivity contribution in [2.75, 3.05) is 36.1 Å². The molecule has 16 heavy (non-hydrogen) atoms. The summed E-state index contributed by atoms with van der Waals surface area (Å²) in [5.74, 6) is 0. The molecule has 0 bridgehead atoms. The molecule has 1 aliphatic heterocycles. The summed E-state index contributed by atoms with van der Waals surface area (Å²) in [4.78, 5) is 1.53. The molecule has 0 atom stereocenters. The van der Waals surface area contributed by atoms with E-state index < -0.39 is 12.7 Å². The van der Waals surface area contributed by atoms with Gasteiger partial charge in [-0.3, -0.25) is 0 Å². The third kappa shape index (κ3) is 2.16. The van der Waals surface area contributed by atoms with Crippen molar-refractivity contribution in [1.29, 1.82) is 0 Å². The topological polar surface area (TPSA) is 64.5 Å². The highest BCUT2D eigenvalue weighted by atomic mass is 19.3. The molecule has 0 saturated carbocycles. The number of ether oxygens (including phenoxy) is 1. The van der Waals surface area contributed by atoms with Crippen LogP contribution in [0.1, 0.15) is 0 Å². The van der Waals surface area contributed by atoms with Crippen molar-refractivity contribution in [2.24, 2.45) is 0 Å². The van der Waals surface area contributed by atoms with Crippen molar-refractivity contribution in [3.63, 3.8) is 0 Å². The fourth-order valence-corrected chi connectivity index (χ4v) is 1.63. The summed E-state index contributed by atoms with van der Waals surface area (Å²) in [5, 5.41) is 0. The summed E-state index contributed by atoms with van der Waals surface area (Å²) < 4.78 is 30.3. The Labute approximate surface area is 91.8 Å². The zero-order valence-corrected chi connectivity index (χ0v) is 8.62. The molecular formula is C10H13F2N3O. The zero-order valence-electron chi connectivity index (χ0n) is 8.62. The number of alkyl halides is 2. The van der Waals surface area contributed by atoms with Gasteiger partial charge in [-0.2, -0.15) is 8.78 Å². The van der Waals surface area contributed by atoms with E-state index in [0.29, 0.717) is 23.6 Å². The maximum absolute atomic E-state index is 13.0. The number of halogens is 2. The molecule has 0 unspecified atom stereocenters. The number of benzene rings is 1. The van der Waals surface area contributed by atoms with E-state index >= 15 is 0 Å². The Hall–Kier alpha value is -1.56. The minimum absolute atomic E-state index is 0.00270. The second-order valence-electron chi connectivity index (χ2n) is 3.72.